The van der Waals surface area contributed by atoms with Gasteiger partial charge in [-0.25, -0.2) is 0 Å². The van der Waals surface area contributed by atoms with Gasteiger partial charge in [-0.15, -0.1) is 0 Å². The summed E-state index contributed by atoms with van der Waals surface area (Å²) in [5, 5.41) is 0. The molecule has 30 heavy (non-hydrogen) atoms. The van der Waals surface area contributed by atoms with Gasteiger partial charge in [0.1, 0.15) is 0 Å². The molecule has 1 aliphatic carbocycles. The van der Waals surface area contributed by atoms with E-state index in [4.69, 9.17) is 4.74 Å². The van der Waals surface area contributed by atoms with Crippen LogP contribution in [0.4, 0.5) is 0 Å². The lowest BCUT2D eigenvalue weighted by atomic mass is 10.1. The van der Waals surface area contributed by atoms with Gasteiger partial charge >= 0.3 is 5.97 Å². The highest BCUT2D eigenvalue weighted by molar-refractivity contribution is 5.69. The molecular weight excluding hydrogens is 368 g/mol. The Hall–Kier alpha value is -1.31. The molecule has 0 aromatic heterocycles. The van der Waals surface area contributed by atoms with E-state index < -0.39 is 0 Å². The quantitative estimate of drug-likeness (QED) is 0.106. The van der Waals surface area contributed by atoms with Crippen molar-refractivity contribution in [2.75, 3.05) is 6.61 Å². The van der Waals surface area contributed by atoms with Crippen molar-refractivity contribution >= 4 is 5.97 Å². The maximum atomic E-state index is 11.7. The summed E-state index contributed by atoms with van der Waals surface area (Å²) < 4.78 is 5.36. The Balaban J connectivity index is 1.75. The van der Waals surface area contributed by atoms with E-state index in [0.717, 1.165) is 18.8 Å². The fourth-order valence-electron chi connectivity index (χ4n) is 3.59. The second-order valence-electron chi connectivity index (χ2n) is 8.91. The fourth-order valence-corrected chi connectivity index (χ4v) is 3.59. The minimum Gasteiger partial charge on any atom is -0.466 e. The number of carbonyl (C=O) groups is 1. The molecule has 1 rings (SSSR count). The van der Waals surface area contributed by atoms with Crippen LogP contribution < -0.4 is 0 Å². The van der Waals surface area contributed by atoms with Crippen molar-refractivity contribution in [3.05, 3.63) is 36.5 Å². The molecular formula is C28H48O2. The molecule has 1 saturated carbocycles. The highest BCUT2D eigenvalue weighted by Crippen LogP contribution is 2.34. The number of allylic oxidation sites excluding steroid dienone is 6. The topological polar surface area (TPSA) is 26.3 Å². The standard InChI is InChI=1S/C28H48O2/c1-2-3-4-5-6-7-8-9-10-11-12-13-14-15-18-21-26-30-28(29)23-20-17-16-19-22-27-24-25-27/h5-10,27H,2-4,11-26H2,1H3/b6-5+,8-7+,10-9+. The van der Waals surface area contributed by atoms with Crippen LogP contribution in [0.25, 0.3) is 0 Å². The molecule has 0 aromatic carbocycles. The predicted molar refractivity (Wildman–Crippen MR) is 131 cm³/mol. The van der Waals surface area contributed by atoms with Gasteiger partial charge in [-0.05, 0) is 38.0 Å². The first-order valence-corrected chi connectivity index (χ1v) is 13.0. The number of rotatable bonds is 21. The van der Waals surface area contributed by atoms with E-state index in [-0.39, 0.29) is 5.97 Å². The first-order valence-electron chi connectivity index (χ1n) is 13.0. The lowest BCUT2D eigenvalue weighted by Gasteiger charge is -2.05. The van der Waals surface area contributed by atoms with Crippen molar-refractivity contribution in [3.8, 4) is 0 Å². The van der Waals surface area contributed by atoms with Gasteiger partial charge in [0.05, 0.1) is 6.61 Å². The maximum Gasteiger partial charge on any atom is 0.305 e. The van der Waals surface area contributed by atoms with Crippen LogP contribution in [0.1, 0.15) is 122 Å². The van der Waals surface area contributed by atoms with E-state index in [0.29, 0.717) is 13.0 Å². The molecule has 0 saturated heterocycles. The lowest BCUT2D eigenvalue weighted by Crippen LogP contribution is -2.05. The predicted octanol–water partition coefficient (Wildman–Crippen LogP) is 8.87. The highest BCUT2D eigenvalue weighted by atomic mass is 16.5. The molecule has 0 amide bonds. The molecule has 0 unspecified atom stereocenters. The Labute approximate surface area is 187 Å². The molecule has 0 heterocycles. The smallest absolute Gasteiger partial charge is 0.305 e. The fraction of sp³-hybridized carbons (Fsp3) is 0.750. The largest absolute Gasteiger partial charge is 0.466 e. The molecule has 0 atom stereocenters. The summed E-state index contributed by atoms with van der Waals surface area (Å²) in [5.74, 6) is 1.05. The van der Waals surface area contributed by atoms with Crippen LogP contribution in [0.2, 0.25) is 0 Å². The minimum atomic E-state index is 0.00878. The molecule has 0 aliphatic heterocycles. The lowest BCUT2D eigenvalue weighted by molar-refractivity contribution is -0.143. The molecule has 0 aromatic rings. The van der Waals surface area contributed by atoms with E-state index in [1.807, 2.05) is 0 Å². The van der Waals surface area contributed by atoms with Gasteiger partial charge in [0.25, 0.3) is 0 Å². The molecule has 172 valence electrons. The number of carbonyl (C=O) groups excluding carboxylic acids is 1. The molecule has 0 N–H and O–H groups in total. The zero-order valence-electron chi connectivity index (χ0n) is 19.8. The van der Waals surface area contributed by atoms with Crippen molar-refractivity contribution in [1.82, 2.24) is 0 Å². The van der Waals surface area contributed by atoms with Crippen LogP contribution in [-0.2, 0) is 9.53 Å². The molecule has 0 bridgehead atoms. The monoisotopic (exact) mass is 416 g/mol. The van der Waals surface area contributed by atoms with E-state index in [2.05, 4.69) is 43.4 Å². The minimum absolute atomic E-state index is 0.00878. The molecule has 0 radical (unpaired) electrons. The van der Waals surface area contributed by atoms with Gasteiger partial charge in [-0.1, -0.05) is 120 Å². The summed E-state index contributed by atoms with van der Waals surface area (Å²) in [6.07, 6.45) is 35.0. The first-order chi connectivity index (χ1) is 14.8. The Morgan fingerprint density at radius 3 is 2.03 bits per heavy atom. The maximum absolute atomic E-state index is 11.7. The van der Waals surface area contributed by atoms with E-state index in [1.54, 1.807) is 0 Å². The van der Waals surface area contributed by atoms with Gasteiger partial charge in [0.2, 0.25) is 0 Å². The molecule has 1 aliphatic rings. The van der Waals surface area contributed by atoms with Crippen molar-refractivity contribution in [2.45, 2.75) is 122 Å². The van der Waals surface area contributed by atoms with Gasteiger partial charge in [0, 0.05) is 6.42 Å². The third-order valence-electron chi connectivity index (χ3n) is 5.80. The van der Waals surface area contributed by atoms with Crippen molar-refractivity contribution < 1.29 is 9.53 Å². The van der Waals surface area contributed by atoms with Crippen molar-refractivity contribution in [1.29, 1.82) is 0 Å². The Kier molecular flexibility index (Phi) is 18.7. The van der Waals surface area contributed by atoms with Gasteiger partial charge < -0.3 is 4.74 Å². The number of hydrogen-bond donors (Lipinski definition) is 0. The summed E-state index contributed by atoms with van der Waals surface area (Å²) in [5.41, 5.74) is 0. The Bertz CT molecular complexity index is 471. The van der Waals surface area contributed by atoms with Crippen molar-refractivity contribution in [2.24, 2.45) is 5.92 Å². The van der Waals surface area contributed by atoms with E-state index >= 15 is 0 Å². The third-order valence-corrected chi connectivity index (χ3v) is 5.80. The van der Waals surface area contributed by atoms with Gasteiger partial charge in [0.15, 0.2) is 0 Å². The van der Waals surface area contributed by atoms with E-state index in [1.165, 1.54) is 96.3 Å². The van der Waals surface area contributed by atoms with Crippen LogP contribution >= 0.6 is 0 Å². The van der Waals surface area contributed by atoms with Crippen molar-refractivity contribution in [3.63, 3.8) is 0 Å². The van der Waals surface area contributed by atoms with Crippen LogP contribution in [0, 0.1) is 5.92 Å². The highest BCUT2D eigenvalue weighted by Gasteiger charge is 2.19. The average molecular weight is 417 g/mol. The summed E-state index contributed by atoms with van der Waals surface area (Å²) in [4.78, 5) is 11.7. The number of esters is 1. The van der Waals surface area contributed by atoms with E-state index in [9.17, 15) is 4.79 Å². The zero-order chi connectivity index (χ0) is 21.5. The zero-order valence-corrected chi connectivity index (χ0v) is 19.8. The van der Waals surface area contributed by atoms with Crippen LogP contribution in [0.5, 0.6) is 0 Å². The Morgan fingerprint density at radius 1 is 0.733 bits per heavy atom. The summed E-state index contributed by atoms with van der Waals surface area (Å²) in [6.45, 7) is 2.84. The second kappa shape index (κ2) is 20.9. The summed E-state index contributed by atoms with van der Waals surface area (Å²) >= 11 is 0. The molecule has 2 nitrogen and oxygen atoms in total. The molecule has 0 spiro atoms. The number of ether oxygens (including phenoxy) is 1. The van der Waals surface area contributed by atoms with Crippen LogP contribution in [0.15, 0.2) is 36.5 Å². The third kappa shape index (κ3) is 20.0. The molecule has 2 heteroatoms. The normalized spacial score (nSPS) is 14.4. The average Bonchev–Trinajstić information content (AvgIpc) is 3.57. The SMILES string of the molecule is CCCC/C=C/C=C/C=C/CCCCCCCCOC(=O)CCCCCCC1CC1. The Morgan fingerprint density at radius 2 is 1.33 bits per heavy atom. The van der Waals surface area contributed by atoms with Gasteiger partial charge in [-0.3, -0.25) is 4.79 Å². The number of hydrogen-bond acceptors (Lipinski definition) is 2. The number of unbranched alkanes of at least 4 members (excludes halogenated alkanes) is 11. The summed E-state index contributed by atoms with van der Waals surface area (Å²) in [7, 11) is 0. The second-order valence-corrected chi connectivity index (χ2v) is 8.91. The van der Waals surface area contributed by atoms with Gasteiger partial charge in [-0.2, -0.15) is 0 Å². The van der Waals surface area contributed by atoms with Crippen LogP contribution in [0.3, 0.4) is 0 Å². The molecule has 1 fully saturated rings. The van der Waals surface area contributed by atoms with Crippen LogP contribution in [-0.4, -0.2) is 12.6 Å². The first kappa shape index (κ1) is 26.7. The summed E-state index contributed by atoms with van der Waals surface area (Å²) in [6, 6.07) is 0.